The smallest absolute Gasteiger partial charge is 0.411 e. The van der Waals surface area contributed by atoms with E-state index in [0.29, 0.717) is 0 Å². The van der Waals surface area contributed by atoms with Gasteiger partial charge in [0.1, 0.15) is 6.10 Å². The van der Waals surface area contributed by atoms with Gasteiger partial charge in [0, 0.05) is 25.8 Å². The molecule has 1 aliphatic heterocycles. The van der Waals surface area contributed by atoms with E-state index in [2.05, 4.69) is 6.07 Å². The van der Waals surface area contributed by atoms with E-state index in [0.717, 1.165) is 11.3 Å². The molecule has 0 spiro atoms. The number of anilines is 1. The lowest BCUT2D eigenvalue weighted by molar-refractivity contribution is 0.129. The van der Waals surface area contributed by atoms with Crippen molar-refractivity contribution < 1.29 is 9.53 Å². The fourth-order valence-electron chi connectivity index (χ4n) is 2.59. The van der Waals surface area contributed by atoms with Gasteiger partial charge in [0.25, 0.3) is 0 Å². The van der Waals surface area contributed by atoms with Crippen LogP contribution in [0.1, 0.15) is 32.4 Å². The van der Waals surface area contributed by atoms with Crippen LogP contribution >= 0.6 is 0 Å². The Morgan fingerprint density at radius 2 is 2.00 bits per heavy atom. The second-order valence-corrected chi connectivity index (χ2v) is 5.54. The van der Waals surface area contributed by atoms with Gasteiger partial charge in [-0.2, -0.15) is 0 Å². The highest BCUT2D eigenvalue weighted by atomic mass is 16.6. The van der Waals surface area contributed by atoms with Crippen LogP contribution in [0, 0.1) is 0 Å². The third-order valence-electron chi connectivity index (χ3n) is 3.59. The number of nitrogens with zero attached hydrogens (tertiary/aromatic N) is 2. The molecule has 4 heteroatoms. The number of carbonyl (C=O) groups is 1. The highest BCUT2D eigenvalue weighted by Crippen LogP contribution is 2.34. The molecule has 2 atom stereocenters. The maximum absolute atomic E-state index is 11.9. The van der Waals surface area contributed by atoms with E-state index in [1.54, 1.807) is 4.90 Å². The summed E-state index contributed by atoms with van der Waals surface area (Å²) >= 11 is 0. The van der Waals surface area contributed by atoms with Crippen molar-refractivity contribution in [2.75, 3.05) is 19.0 Å². The van der Waals surface area contributed by atoms with E-state index in [1.807, 2.05) is 58.0 Å². The minimum atomic E-state index is -0.220. The van der Waals surface area contributed by atoms with Crippen molar-refractivity contribution in [2.24, 2.45) is 0 Å². The molecule has 1 saturated heterocycles. The van der Waals surface area contributed by atoms with Crippen LogP contribution in [0.25, 0.3) is 0 Å². The molecule has 0 radical (unpaired) electrons. The van der Waals surface area contributed by atoms with E-state index < -0.39 is 0 Å². The fourth-order valence-corrected chi connectivity index (χ4v) is 2.59. The minimum Gasteiger partial charge on any atom is -0.439 e. The van der Waals surface area contributed by atoms with Gasteiger partial charge in [0.05, 0.1) is 6.04 Å². The summed E-state index contributed by atoms with van der Waals surface area (Å²) in [5.41, 5.74) is 2.17. The van der Waals surface area contributed by atoms with Gasteiger partial charge in [0.2, 0.25) is 0 Å². The first-order valence-electron chi connectivity index (χ1n) is 6.68. The molecule has 1 heterocycles. The van der Waals surface area contributed by atoms with Gasteiger partial charge in [-0.1, -0.05) is 12.1 Å². The van der Waals surface area contributed by atoms with Gasteiger partial charge >= 0.3 is 6.09 Å². The average Bonchev–Trinajstić information content (AvgIpc) is 2.65. The molecule has 0 saturated carbocycles. The van der Waals surface area contributed by atoms with Gasteiger partial charge in [-0.05, 0) is 38.5 Å². The van der Waals surface area contributed by atoms with Crippen molar-refractivity contribution in [3.05, 3.63) is 29.8 Å². The van der Waals surface area contributed by atoms with E-state index in [-0.39, 0.29) is 24.3 Å². The molecule has 1 aliphatic rings. The number of carbonyl (C=O) groups excluding carboxylic acids is 1. The standard InChI is InChI=1S/C15H22N2O2/c1-10(2)17-11(3)14(19-15(17)18)12-7-6-8-13(9-12)16(4)5/h6-11,14H,1-5H3/t11-,14-/m0/s1. The zero-order valence-electron chi connectivity index (χ0n) is 12.3. The molecule has 104 valence electrons. The van der Waals surface area contributed by atoms with Gasteiger partial charge in [0.15, 0.2) is 0 Å². The Hall–Kier alpha value is -1.71. The maximum atomic E-state index is 11.9. The first-order chi connectivity index (χ1) is 8.91. The fraction of sp³-hybridized carbons (Fsp3) is 0.533. The molecule has 0 aromatic heterocycles. The van der Waals surface area contributed by atoms with E-state index in [9.17, 15) is 4.79 Å². The largest absolute Gasteiger partial charge is 0.439 e. The van der Waals surface area contributed by atoms with Crippen LogP contribution in [0.15, 0.2) is 24.3 Å². The number of ether oxygens (including phenoxy) is 1. The maximum Gasteiger partial charge on any atom is 0.411 e. The monoisotopic (exact) mass is 262 g/mol. The number of hydrogen-bond donors (Lipinski definition) is 0. The quantitative estimate of drug-likeness (QED) is 0.839. The van der Waals surface area contributed by atoms with Crippen molar-refractivity contribution in [3.63, 3.8) is 0 Å². The first-order valence-corrected chi connectivity index (χ1v) is 6.68. The molecule has 4 nitrogen and oxygen atoms in total. The van der Waals surface area contributed by atoms with E-state index >= 15 is 0 Å². The molecule has 0 N–H and O–H groups in total. The lowest BCUT2D eigenvalue weighted by Crippen LogP contribution is -2.37. The Morgan fingerprint density at radius 3 is 2.53 bits per heavy atom. The van der Waals surface area contributed by atoms with Gasteiger partial charge in [-0.25, -0.2) is 4.79 Å². The van der Waals surface area contributed by atoms with Crippen molar-refractivity contribution in [1.82, 2.24) is 4.90 Å². The molecule has 1 aromatic rings. The van der Waals surface area contributed by atoms with Crippen molar-refractivity contribution >= 4 is 11.8 Å². The summed E-state index contributed by atoms with van der Waals surface area (Å²) in [5, 5.41) is 0. The van der Waals surface area contributed by atoms with Gasteiger partial charge in [-0.15, -0.1) is 0 Å². The van der Waals surface area contributed by atoms with Crippen LogP contribution in [0.2, 0.25) is 0 Å². The Kier molecular flexibility index (Phi) is 3.69. The van der Waals surface area contributed by atoms with Crippen LogP contribution in [0.4, 0.5) is 10.5 Å². The summed E-state index contributed by atoms with van der Waals surface area (Å²) in [4.78, 5) is 15.8. The predicted molar refractivity (Wildman–Crippen MR) is 76.4 cm³/mol. The van der Waals surface area contributed by atoms with Crippen LogP contribution < -0.4 is 4.90 Å². The topological polar surface area (TPSA) is 32.8 Å². The Bertz CT molecular complexity index is 471. The SMILES string of the molecule is CC(C)N1C(=O)O[C@H](c2cccc(N(C)C)c2)[C@@H]1C. The Balaban J connectivity index is 2.28. The average molecular weight is 262 g/mol. The molecule has 1 aromatic carbocycles. The molecule has 1 fully saturated rings. The zero-order valence-corrected chi connectivity index (χ0v) is 12.3. The highest BCUT2D eigenvalue weighted by molar-refractivity contribution is 5.71. The third kappa shape index (κ3) is 2.53. The molecule has 19 heavy (non-hydrogen) atoms. The molecule has 0 bridgehead atoms. The number of hydrogen-bond acceptors (Lipinski definition) is 3. The lowest BCUT2D eigenvalue weighted by Gasteiger charge is -2.24. The molecule has 0 aliphatic carbocycles. The lowest BCUT2D eigenvalue weighted by atomic mass is 10.0. The minimum absolute atomic E-state index is 0.0601. The van der Waals surface area contributed by atoms with Crippen molar-refractivity contribution in [3.8, 4) is 0 Å². The zero-order chi connectivity index (χ0) is 14.2. The second-order valence-electron chi connectivity index (χ2n) is 5.54. The van der Waals surface area contributed by atoms with Crippen LogP contribution in [-0.4, -0.2) is 37.2 Å². The van der Waals surface area contributed by atoms with Crippen molar-refractivity contribution in [2.45, 2.75) is 39.0 Å². The summed E-state index contributed by atoms with van der Waals surface area (Å²) in [5.74, 6) is 0. The third-order valence-corrected chi connectivity index (χ3v) is 3.59. The van der Waals surface area contributed by atoms with Crippen LogP contribution in [0.5, 0.6) is 0 Å². The number of cyclic esters (lactones) is 1. The summed E-state index contributed by atoms with van der Waals surface area (Å²) < 4.78 is 5.54. The summed E-state index contributed by atoms with van der Waals surface area (Å²) in [6.45, 7) is 6.06. The molecule has 2 rings (SSSR count). The van der Waals surface area contributed by atoms with Gasteiger partial charge in [-0.3, -0.25) is 4.90 Å². The van der Waals surface area contributed by atoms with Crippen LogP contribution in [0.3, 0.4) is 0 Å². The number of rotatable bonds is 3. The Labute approximate surface area is 115 Å². The van der Waals surface area contributed by atoms with E-state index in [4.69, 9.17) is 4.74 Å². The molecule has 1 amide bonds. The summed E-state index contributed by atoms with van der Waals surface area (Å²) in [6.07, 6.45) is -0.405. The molecule has 0 unspecified atom stereocenters. The number of amides is 1. The first kappa shape index (κ1) is 13.7. The molecular formula is C15H22N2O2. The molecular weight excluding hydrogens is 240 g/mol. The normalized spacial score (nSPS) is 22.8. The predicted octanol–water partition coefficient (Wildman–Crippen LogP) is 3.04. The number of benzene rings is 1. The summed E-state index contributed by atoms with van der Waals surface area (Å²) in [6, 6.07) is 8.37. The highest BCUT2D eigenvalue weighted by Gasteiger charge is 2.40. The second kappa shape index (κ2) is 5.11. The van der Waals surface area contributed by atoms with Crippen molar-refractivity contribution in [1.29, 1.82) is 0 Å². The summed E-state index contributed by atoms with van der Waals surface area (Å²) in [7, 11) is 4.01. The van der Waals surface area contributed by atoms with E-state index in [1.165, 1.54) is 0 Å². The van der Waals surface area contributed by atoms with Crippen LogP contribution in [-0.2, 0) is 4.74 Å². The Morgan fingerprint density at radius 1 is 1.32 bits per heavy atom. The van der Waals surface area contributed by atoms with Gasteiger partial charge < -0.3 is 9.64 Å².